The van der Waals surface area contributed by atoms with Crippen LogP contribution in [0.5, 0.6) is 5.75 Å². The van der Waals surface area contributed by atoms with Gasteiger partial charge in [-0.05, 0) is 41.5 Å². The van der Waals surface area contributed by atoms with Gasteiger partial charge in [-0.3, -0.25) is 14.4 Å². The summed E-state index contributed by atoms with van der Waals surface area (Å²) >= 11 is 0. The molecular weight excluding hydrogens is 504 g/mol. The molecule has 2 aliphatic heterocycles. The highest BCUT2D eigenvalue weighted by atomic mass is 16.5. The average Bonchev–Trinajstić information content (AvgIpc) is 3.38. The third kappa shape index (κ3) is 3.27. The average molecular weight is 529 g/mol. The van der Waals surface area contributed by atoms with Crippen LogP contribution in [0.15, 0.2) is 112 Å². The van der Waals surface area contributed by atoms with Crippen LogP contribution in [-0.2, 0) is 23.4 Å². The largest absolute Gasteiger partial charge is 0.497 e. The molecule has 1 spiro atoms. The third-order valence-electron chi connectivity index (χ3n) is 7.83. The van der Waals surface area contributed by atoms with Crippen molar-refractivity contribution in [2.45, 2.75) is 18.6 Å². The summed E-state index contributed by atoms with van der Waals surface area (Å²) in [7, 11) is 1.59. The molecule has 7 nitrogen and oxygen atoms in total. The lowest BCUT2D eigenvalue weighted by molar-refractivity contribution is -0.126. The summed E-state index contributed by atoms with van der Waals surface area (Å²) in [5.74, 6) is -0.282. The van der Waals surface area contributed by atoms with Crippen LogP contribution >= 0.6 is 0 Å². The molecule has 0 aliphatic carbocycles. The van der Waals surface area contributed by atoms with Crippen molar-refractivity contribution >= 4 is 28.5 Å². The van der Waals surface area contributed by atoms with Crippen LogP contribution in [0.4, 0.5) is 5.69 Å². The fraction of sp³-hybridized carbons (Fsp3) is 0.121. The van der Waals surface area contributed by atoms with Gasteiger partial charge in [-0.1, -0.05) is 72.8 Å². The summed E-state index contributed by atoms with van der Waals surface area (Å²) in [6, 6.07) is 31.2. The highest BCUT2D eigenvalue weighted by molar-refractivity contribution is 6.17. The van der Waals surface area contributed by atoms with Crippen molar-refractivity contribution in [1.29, 1.82) is 0 Å². The van der Waals surface area contributed by atoms with Crippen LogP contribution in [0.2, 0.25) is 0 Å². The van der Waals surface area contributed by atoms with Gasteiger partial charge in [-0.25, -0.2) is 0 Å². The fourth-order valence-corrected chi connectivity index (χ4v) is 6.00. The molecule has 196 valence electrons. The number of fused-ring (bicyclic) bond motifs is 5. The maximum atomic E-state index is 14.8. The zero-order valence-electron chi connectivity index (χ0n) is 21.7. The van der Waals surface area contributed by atoms with Crippen molar-refractivity contribution in [2.75, 3.05) is 12.0 Å². The summed E-state index contributed by atoms with van der Waals surface area (Å²) < 4.78 is 11.4. The van der Waals surface area contributed by atoms with Gasteiger partial charge in [0.1, 0.15) is 11.3 Å². The number of hydrogen-bond donors (Lipinski definition) is 0. The minimum atomic E-state index is -1.68. The lowest BCUT2D eigenvalue weighted by atomic mass is 9.83. The maximum absolute atomic E-state index is 14.8. The molecule has 0 radical (unpaired) electrons. The van der Waals surface area contributed by atoms with Crippen LogP contribution in [0.1, 0.15) is 32.8 Å². The number of methoxy groups -OCH3 is 1. The van der Waals surface area contributed by atoms with E-state index in [0.717, 1.165) is 11.1 Å². The van der Waals surface area contributed by atoms with Gasteiger partial charge in [0.15, 0.2) is 11.0 Å². The molecule has 2 amide bonds. The van der Waals surface area contributed by atoms with E-state index in [9.17, 15) is 14.4 Å². The third-order valence-corrected chi connectivity index (χ3v) is 7.83. The summed E-state index contributed by atoms with van der Waals surface area (Å²) in [6.07, 6.45) is 0. The van der Waals surface area contributed by atoms with Crippen molar-refractivity contribution in [2.24, 2.45) is 0 Å². The van der Waals surface area contributed by atoms with Crippen LogP contribution < -0.4 is 15.1 Å². The number of carbonyl (C=O) groups is 2. The Morgan fingerprint density at radius 1 is 0.750 bits per heavy atom. The number of benzene rings is 4. The van der Waals surface area contributed by atoms with Gasteiger partial charge in [0.2, 0.25) is 5.76 Å². The minimum absolute atomic E-state index is 0.0673. The van der Waals surface area contributed by atoms with E-state index >= 15 is 0 Å². The van der Waals surface area contributed by atoms with E-state index in [2.05, 4.69) is 0 Å². The first kappa shape index (κ1) is 23.9. The second-order valence-corrected chi connectivity index (χ2v) is 9.98. The van der Waals surface area contributed by atoms with Gasteiger partial charge in [0.25, 0.3) is 11.8 Å². The molecule has 5 aromatic rings. The second kappa shape index (κ2) is 8.95. The predicted molar refractivity (Wildman–Crippen MR) is 150 cm³/mol. The standard InChI is InChI=1S/C33H24N2O5/c1-39-23-17-15-22(16-18-23)20-35-31(37)30-28(29(36)24-11-5-8-14-27(24)40-30)33(35)25-12-6-7-13-26(25)34(32(33)38)19-21-9-3-2-4-10-21/h2-18H,19-20H2,1H3. The topological polar surface area (TPSA) is 80.1 Å². The number of ether oxygens (including phenoxy) is 1. The highest BCUT2D eigenvalue weighted by Crippen LogP contribution is 2.53. The molecule has 7 heteroatoms. The summed E-state index contributed by atoms with van der Waals surface area (Å²) in [5, 5.41) is 0.325. The van der Waals surface area contributed by atoms with E-state index in [4.69, 9.17) is 9.15 Å². The number of hydrogen-bond acceptors (Lipinski definition) is 5. The predicted octanol–water partition coefficient (Wildman–Crippen LogP) is 5.25. The van der Waals surface area contributed by atoms with Gasteiger partial charge in [0.05, 0.1) is 30.3 Å². The first-order valence-electron chi connectivity index (χ1n) is 13.0. The molecule has 1 atom stereocenters. The monoisotopic (exact) mass is 528 g/mol. The Morgan fingerprint density at radius 3 is 2.20 bits per heavy atom. The molecule has 1 aromatic heterocycles. The lowest BCUT2D eigenvalue weighted by Crippen LogP contribution is -2.52. The van der Waals surface area contributed by atoms with Gasteiger partial charge in [-0.15, -0.1) is 0 Å². The zero-order chi connectivity index (χ0) is 27.4. The normalized spacial score (nSPS) is 17.5. The quantitative estimate of drug-likeness (QED) is 0.311. The van der Waals surface area contributed by atoms with Crippen molar-refractivity contribution < 1.29 is 18.7 Å². The molecule has 0 fully saturated rings. The molecular formula is C33H24N2O5. The number of amides is 2. The van der Waals surface area contributed by atoms with E-state index in [-0.39, 0.29) is 35.7 Å². The van der Waals surface area contributed by atoms with E-state index in [1.54, 1.807) is 48.4 Å². The maximum Gasteiger partial charge on any atom is 0.291 e. The first-order chi connectivity index (χ1) is 19.5. The number of para-hydroxylation sites is 2. The van der Waals surface area contributed by atoms with Crippen LogP contribution in [0.25, 0.3) is 11.0 Å². The Kier molecular flexibility index (Phi) is 5.35. The highest BCUT2D eigenvalue weighted by Gasteiger charge is 2.64. The van der Waals surface area contributed by atoms with Crippen molar-refractivity contribution in [3.8, 4) is 5.75 Å². The summed E-state index contributed by atoms with van der Waals surface area (Å²) in [5.41, 5.74) is 1.27. The molecule has 2 aliphatic rings. The van der Waals surface area contributed by atoms with Gasteiger partial charge >= 0.3 is 0 Å². The van der Waals surface area contributed by atoms with Crippen LogP contribution in [-0.4, -0.2) is 23.8 Å². The molecule has 0 bridgehead atoms. The smallest absolute Gasteiger partial charge is 0.291 e. The molecule has 0 saturated carbocycles. The minimum Gasteiger partial charge on any atom is -0.497 e. The van der Waals surface area contributed by atoms with Gasteiger partial charge < -0.3 is 19.0 Å². The van der Waals surface area contributed by atoms with Gasteiger partial charge in [0, 0.05) is 12.1 Å². The Morgan fingerprint density at radius 2 is 1.43 bits per heavy atom. The van der Waals surface area contributed by atoms with Gasteiger partial charge in [-0.2, -0.15) is 0 Å². The molecule has 1 unspecified atom stereocenters. The van der Waals surface area contributed by atoms with Crippen molar-refractivity contribution in [1.82, 2.24) is 4.90 Å². The van der Waals surface area contributed by atoms with Crippen molar-refractivity contribution in [3.63, 3.8) is 0 Å². The molecule has 7 rings (SSSR count). The number of nitrogens with zero attached hydrogens (tertiary/aromatic N) is 2. The number of rotatable bonds is 5. The summed E-state index contributed by atoms with van der Waals surface area (Å²) in [4.78, 5) is 46.4. The van der Waals surface area contributed by atoms with E-state index in [1.807, 2.05) is 66.7 Å². The molecule has 0 saturated heterocycles. The van der Waals surface area contributed by atoms with Crippen LogP contribution in [0, 0.1) is 0 Å². The van der Waals surface area contributed by atoms with E-state index in [1.165, 1.54) is 4.90 Å². The lowest BCUT2D eigenvalue weighted by Gasteiger charge is -2.34. The number of anilines is 1. The SMILES string of the molecule is COc1ccc(CN2C(=O)c3oc4ccccc4c(=O)c3C23C(=O)N(Cc2ccccc2)c2ccccc23)cc1. The molecule has 4 aromatic carbocycles. The molecule has 0 N–H and O–H groups in total. The Bertz CT molecular complexity index is 1860. The fourth-order valence-electron chi connectivity index (χ4n) is 6.00. The Hall–Kier alpha value is -5.17. The first-order valence-corrected chi connectivity index (χ1v) is 13.0. The summed E-state index contributed by atoms with van der Waals surface area (Å²) in [6.45, 7) is 0.374. The molecule has 40 heavy (non-hydrogen) atoms. The second-order valence-electron chi connectivity index (χ2n) is 9.98. The van der Waals surface area contributed by atoms with Crippen molar-refractivity contribution in [3.05, 3.63) is 141 Å². The molecule has 3 heterocycles. The zero-order valence-corrected chi connectivity index (χ0v) is 21.7. The number of carbonyl (C=O) groups excluding carboxylic acids is 2. The van der Waals surface area contributed by atoms with E-state index in [0.29, 0.717) is 28.0 Å². The Balaban J connectivity index is 1.49. The van der Waals surface area contributed by atoms with Crippen LogP contribution in [0.3, 0.4) is 0 Å². The Labute approximate surface area is 229 Å². The van der Waals surface area contributed by atoms with E-state index < -0.39 is 11.4 Å².